The molecule has 0 aliphatic rings. The molecule has 1 rings (SSSR count). The zero-order valence-electron chi connectivity index (χ0n) is 17.7. The Morgan fingerprint density at radius 2 is 1.41 bits per heavy atom. The van der Waals surface area contributed by atoms with Crippen molar-refractivity contribution in [3.05, 3.63) is 17.7 Å². The summed E-state index contributed by atoms with van der Waals surface area (Å²) in [5.41, 5.74) is 0.960. The second-order valence-electron chi connectivity index (χ2n) is 7.01. The van der Waals surface area contributed by atoms with Gasteiger partial charge in [0.25, 0.3) is 0 Å². The topological polar surface area (TPSA) is 63.2 Å². The molecule has 0 N–H and O–H groups in total. The van der Waals surface area contributed by atoms with E-state index in [9.17, 15) is 4.79 Å². The molecule has 0 aliphatic carbocycles. The summed E-state index contributed by atoms with van der Waals surface area (Å²) in [5, 5.41) is 0. The van der Waals surface area contributed by atoms with Crippen LogP contribution in [0.25, 0.3) is 0 Å². The van der Waals surface area contributed by atoms with Gasteiger partial charge in [0.1, 0.15) is 0 Å². The van der Waals surface area contributed by atoms with Crippen LogP contribution in [0.4, 0.5) is 0 Å². The van der Waals surface area contributed by atoms with Gasteiger partial charge < -0.3 is 23.7 Å². The van der Waals surface area contributed by atoms with Crippen molar-refractivity contribution in [2.45, 2.75) is 33.6 Å². The molecule has 27 heavy (non-hydrogen) atoms. The molecule has 0 aromatic heterocycles. The Morgan fingerprint density at radius 1 is 0.926 bits per heavy atom. The van der Waals surface area contributed by atoms with Gasteiger partial charge in [-0.2, -0.15) is 0 Å². The van der Waals surface area contributed by atoms with Gasteiger partial charge in [-0.25, -0.2) is 0 Å². The van der Waals surface area contributed by atoms with Gasteiger partial charge >= 0.3 is 5.97 Å². The van der Waals surface area contributed by atoms with Crippen LogP contribution in [-0.4, -0.2) is 47.6 Å². The number of esters is 1. The van der Waals surface area contributed by atoms with Crippen LogP contribution in [0.3, 0.4) is 0 Å². The first-order chi connectivity index (χ1) is 12.9. The van der Waals surface area contributed by atoms with Gasteiger partial charge in [-0.3, -0.25) is 4.79 Å². The first kappa shape index (κ1) is 23.2. The van der Waals surface area contributed by atoms with E-state index in [1.165, 1.54) is 0 Å². The standard InChI is InChI=1S/C21H34O6/c1-14(2)19(16(8-10-23-4)9-11-24-5)21(22)27-20-17(25-6)12-15(3)13-18(20)26-7/h12-14,16,19H,8-11H2,1-7H3. The van der Waals surface area contributed by atoms with Crippen molar-refractivity contribution in [3.8, 4) is 17.2 Å². The maximum Gasteiger partial charge on any atom is 0.315 e. The molecule has 0 aliphatic heterocycles. The van der Waals surface area contributed by atoms with Crippen molar-refractivity contribution in [1.82, 2.24) is 0 Å². The summed E-state index contributed by atoms with van der Waals surface area (Å²) in [7, 11) is 6.42. The Balaban J connectivity index is 3.14. The summed E-state index contributed by atoms with van der Waals surface area (Å²) in [4.78, 5) is 13.1. The van der Waals surface area contributed by atoms with E-state index in [4.69, 9.17) is 23.7 Å². The molecule has 0 spiro atoms. The van der Waals surface area contributed by atoms with E-state index in [2.05, 4.69) is 0 Å². The monoisotopic (exact) mass is 382 g/mol. The molecule has 1 aromatic rings. The van der Waals surface area contributed by atoms with Crippen molar-refractivity contribution in [1.29, 1.82) is 0 Å². The number of rotatable bonds is 12. The van der Waals surface area contributed by atoms with Crippen LogP contribution in [0.15, 0.2) is 12.1 Å². The summed E-state index contributed by atoms with van der Waals surface area (Å²) in [5.74, 6) is 0.909. The predicted molar refractivity (Wildman–Crippen MR) is 105 cm³/mol. The van der Waals surface area contributed by atoms with Gasteiger partial charge in [-0.1, -0.05) is 13.8 Å². The van der Waals surface area contributed by atoms with Crippen molar-refractivity contribution >= 4 is 5.97 Å². The number of ether oxygens (including phenoxy) is 5. The quantitative estimate of drug-likeness (QED) is 0.404. The van der Waals surface area contributed by atoms with Crippen LogP contribution in [0.2, 0.25) is 0 Å². The highest BCUT2D eigenvalue weighted by Crippen LogP contribution is 2.40. The number of aryl methyl sites for hydroxylation is 1. The van der Waals surface area contributed by atoms with Gasteiger partial charge in [0.05, 0.1) is 20.1 Å². The fraction of sp³-hybridized carbons (Fsp3) is 0.667. The smallest absolute Gasteiger partial charge is 0.315 e. The Hall–Kier alpha value is -1.79. The van der Waals surface area contributed by atoms with Crippen molar-refractivity contribution in [2.24, 2.45) is 17.8 Å². The molecule has 0 saturated carbocycles. The molecule has 0 bridgehead atoms. The van der Waals surface area contributed by atoms with E-state index < -0.39 is 0 Å². The van der Waals surface area contributed by atoms with Gasteiger partial charge in [-0.05, 0) is 49.3 Å². The first-order valence-corrected chi connectivity index (χ1v) is 9.31. The molecule has 6 nitrogen and oxygen atoms in total. The molecular weight excluding hydrogens is 348 g/mol. The summed E-state index contributed by atoms with van der Waals surface area (Å²) >= 11 is 0. The second-order valence-corrected chi connectivity index (χ2v) is 7.01. The average Bonchev–Trinajstić information content (AvgIpc) is 2.64. The lowest BCUT2D eigenvalue weighted by molar-refractivity contribution is -0.143. The van der Waals surface area contributed by atoms with Gasteiger partial charge in [-0.15, -0.1) is 0 Å². The normalized spacial score (nSPS) is 12.3. The van der Waals surface area contributed by atoms with Crippen molar-refractivity contribution in [3.63, 3.8) is 0 Å². The largest absolute Gasteiger partial charge is 0.493 e. The number of carbonyl (C=O) groups excluding carboxylic acids is 1. The lowest BCUT2D eigenvalue weighted by Gasteiger charge is -2.28. The fourth-order valence-electron chi connectivity index (χ4n) is 3.33. The molecule has 0 amide bonds. The molecule has 1 aromatic carbocycles. The molecule has 0 fully saturated rings. The predicted octanol–water partition coefficient (Wildman–Crippen LogP) is 3.88. The van der Waals surface area contributed by atoms with E-state index in [1.807, 2.05) is 32.9 Å². The van der Waals surface area contributed by atoms with E-state index in [-0.39, 0.29) is 23.7 Å². The third-order valence-electron chi connectivity index (χ3n) is 4.69. The average molecular weight is 382 g/mol. The third-order valence-corrected chi connectivity index (χ3v) is 4.69. The Kier molecular flexibility index (Phi) is 10.2. The van der Waals surface area contributed by atoms with Crippen LogP contribution in [0.1, 0.15) is 32.3 Å². The molecule has 6 heteroatoms. The molecular formula is C21H34O6. The Bertz CT molecular complexity index is 551. The molecule has 154 valence electrons. The molecule has 0 heterocycles. The second kappa shape index (κ2) is 11.8. The zero-order valence-corrected chi connectivity index (χ0v) is 17.7. The fourth-order valence-corrected chi connectivity index (χ4v) is 3.33. The van der Waals surface area contributed by atoms with E-state index in [0.717, 1.165) is 18.4 Å². The van der Waals surface area contributed by atoms with Gasteiger partial charge in [0.15, 0.2) is 11.5 Å². The highest BCUT2D eigenvalue weighted by molar-refractivity contribution is 5.77. The van der Waals surface area contributed by atoms with Crippen LogP contribution in [0, 0.1) is 24.7 Å². The summed E-state index contributed by atoms with van der Waals surface area (Å²) in [6.45, 7) is 7.16. The SMILES string of the molecule is COCCC(CCOC)C(C(=O)Oc1c(OC)cc(C)cc1OC)C(C)C. The van der Waals surface area contributed by atoms with Crippen LogP contribution in [0.5, 0.6) is 17.2 Å². The number of hydrogen-bond donors (Lipinski definition) is 0. The van der Waals surface area contributed by atoms with E-state index in [1.54, 1.807) is 28.4 Å². The molecule has 0 radical (unpaired) electrons. The minimum atomic E-state index is -0.289. The molecule has 1 unspecified atom stereocenters. The van der Waals surface area contributed by atoms with Crippen LogP contribution in [-0.2, 0) is 14.3 Å². The summed E-state index contributed by atoms with van der Waals surface area (Å²) in [6.07, 6.45) is 1.53. The molecule has 1 atom stereocenters. The van der Waals surface area contributed by atoms with Gasteiger partial charge in [0, 0.05) is 27.4 Å². The Labute approximate surface area is 163 Å². The lowest BCUT2D eigenvalue weighted by atomic mass is 9.80. The lowest BCUT2D eigenvalue weighted by Crippen LogP contribution is -2.33. The summed E-state index contributed by atoms with van der Waals surface area (Å²) in [6, 6.07) is 3.64. The van der Waals surface area contributed by atoms with Crippen molar-refractivity contribution < 1.29 is 28.5 Å². The summed E-state index contributed by atoms with van der Waals surface area (Å²) < 4.78 is 27.1. The molecule has 0 saturated heterocycles. The van der Waals surface area contributed by atoms with E-state index in [0.29, 0.717) is 30.5 Å². The highest BCUT2D eigenvalue weighted by Gasteiger charge is 2.33. The van der Waals surface area contributed by atoms with Crippen LogP contribution >= 0.6 is 0 Å². The van der Waals surface area contributed by atoms with Gasteiger partial charge in [0.2, 0.25) is 5.75 Å². The van der Waals surface area contributed by atoms with Crippen LogP contribution < -0.4 is 14.2 Å². The first-order valence-electron chi connectivity index (χ1n) is 9.31. The van der Waals surface area contributed by atoms with E-state index >= 15 is 0 Å². The number of methoxy groups -OCH3 is 4. The number of carbonyl (C=O) groups is 1. The third kappa shape index (κ3) is 6.70. The maximum absolute atomic E-state index is 13.1. The zero-order chi connectivity index (χ0) is 20.4. The minimum absolute atomic E-state index is 0.0971. The number of benzene rings is 1. The Morgan fingerprint density at radius 3 is 1.78 bits per heavy atom. The highest BCUT2D eigenvalue weighted by atomic mass is 16.6. The van der Waals surface area contributed by atoms with Crippen molar-refractivity contribution in [2.75, 3.05) is 41.7 Å². The minimum Gasteiger partial charge on any atom is -0.493 e. The maximum atomic E-state index is 13.1. The number of hydrogen-bond acceptors (Lipinski definition) is 6.